The van der Waals surface area contributed by atoms with Crippen molar-refractivity contribution in [2.75, 3.05) is 33.2 Å². The van der Waals surface area contributed by atoms with Gasteiger partial charge in [-0.1, -0.05) is 45.0 Å². The van der Waals surface area contributed by atoms with Crippen LogP contribution in [-0.4, -0.2) is 93.0 Å². The van der Waals surface area contributed by atoms with Gasteiger partial charge >= 0.3 is 19.7 Å². The Kier molecular flexibility index (Phi) is 11.2. The number of methoxy groups -OCH3 is 2. The summed E-state index contributed by atoms with van der Waals surface area (Å²) in [6, 6.07) is 9.13. The molecule has 17 nitrogen and oxygen atoms in total. The predicted molar refractivity (Wildman–Crippen MR) is 188 cm³/mol. The first-order valence-electron chi connectivity index (χ1n) is 16.5. The number of aliphatic hydroxyl groups is 2. The number of nitrogens with zero attached hydrogens (tertiary/aromatic N) is 4. The number of anilines is 1. The minimum Gasteiger partial charge on any atom is -0.479 e. The maximum atomic E-state index is 14.4. The molecule has 2 aromatic heterocycles. The highest BCUT2D eigenvalue weighted by molar-refractivity contribution is 7.52. The number of nitrogens with two attached hydrogens (primary N) is 1. The van der Waals surface area contributed by atoms with Crippen molar-refractivity contribution in [3.63, 3.8) is 0 Å². The van der Waals surface area contributed by atoms with Crippen LogP contribution in [0.2, 0.25) is 0 Å². The number of esters is 2. The summed E-state index contributed by atoms with van der Waals surface area (Å²) in [5.74, 6) is -1.45. The summed E-state index contributed by atoms with van der Waals surface area (Å²) in [5, 5.41) is 26.8. The molecule has 5 rings (SSSR count). The molecule has 3 heterocycles. The summed E-state index contributed by atoms with van der Waals surface area (Å²) in [6.07, 6.45) is -2.75. The summed E-state index contributed by atoms with van der Waals surface area (Å²) in [4.78, 5) is 37.5. The van der Waals surface area contributed by atoms with E-state index in [1.54, 1.807) is 37.3 Å². The van der Waals surface area contributed by atoms with Gasteiger partial charge < -0.3 is 39.4 Å². The fourth-order valence-electron chi connectivity index (χ4n) is 5.58. The van der Waals surface area contributed by atoms with Gasteiger partial charge in [0.15, 0.2) is 17.4 Å². The Morgan fingerprint density at radius 2 is 1.81 bits per heavy atom. The monoisotopic (exact) mass is 744 g/mol. The summed E-state index contributed by atoms with van der Waals surface area (Å²) < 4.78 is 49.2. The van der Waals surface area contributed by atoms with Gasteiger partial charge in [-0.15, -0.1) is 0 Å². The summed E-state index contributed by atoms with van der Waals surface area (Å²) >= 11 is 0. The normalized spacial score (nSPS) is 22.8. The zero-order valence-electron chi connectivity index (χ0n) is 30.2. The van der Waals surface area contributed by atoms with E-state index in [9.17, 15) is 24.4 Å². The number of carbonyl (C=O) groups excluding carboxylic acids is 2. The summed E-state index contributed by atoms with van der Waals surface area (Å²) in [7, 11) is -1.73. The molecule has 7 unspecified atom stereocenters. The Balaban J connectivity index is 1.40. The molecule has 0 spiro atoms. The van der Waals surface area contributed by atoms with E-state index in [4.69, 9.17) is 33.7 Å². The van der Waals surface area contributed by atoms with Crippen LogP contribution in [0.15, 0.2) is 42.7 Å². The van der Waals surface area contributed by atoms with Crippen LogP contribution in [0.25, 0.3) is 21.9 Å². The third-order valence-corrected chi connectivity index (χ3v) is 10.1. The van der Waals surface area contributed by atoms with Crippen molar-refractivity contribution >= 4 is 47.6 Å². The molecule has 1 saturated heterocycles. The maximum absolute atomic E-state index is 14.4. The Hall–Kier alpha value is -4.38. The minimum absolute atomic E-state index is 0.100. The second kappa shape index (κ2) is 14.9. The first-order valence-corrected chi connectivity index (χ1v) is 18.0. The van der Waals surface area contributed by atoms with Crippen LogP contribution in [0.5, 0.6) is 11.6 Å². The fourth-order valence-corrected chi connectivity index (χ4v) is 7.08. The molecule has 0 bridgehead atoms. The van der Waals surface area contributed by atoms with Gasteiger partial charge in [-0.3, -0.25) is 18.7 Å². The van der Waals surface area contributed by atoms with E-state index in [0.29, 0.717) is 5.39 Å². The number of hydrogen-bond acceptors (Lipinski definition) is 15. The summed E-state index contributed by atoms with van der Waals surface area (Å²) in [5.41, 5.74) is 4.76. The van der Waals surface area contributed by atoms with Gasteiger partial charge in [0.1, 0.15) is 29.6 Å². The maximum Gasteiger partial charge on any atom is 0.459 e. The number of hydrogen-bond donors (Lipinski definition) is 4. The molecule has 2 aromatic carbocycles. The van der Waals surface area contributed by atoms with Crippen LogP contribution in [0.1, 0.15) is 59.3 Å². The highest BCUT2D eigenvalue weighted by Gasteiger charge is 2.54. The molecular weight excluding hydrogens is 699 g/mol. The molecule has 18 heteroatoms. The number of aliphatic hydroxyl groups excluding tert-OH is 1. The highest BCUT2D eigenvalue weighted by Crippen LogP contribution is 2.48. The van der Waals surface area contributed by atoms with Gasteiger partial charge in [0.2, 0.25) is 11.8 Å². The molecule has 1 fully saturated rings. The van der Waals surface area contributed by atoms with E-state index in [1.165, 1.54) is 39.0 Å². The molecule has 282 valence electrons. The Morgan fingerprint density at radius 3 is 2.48 bits per heavy atom. The van der Waals surface area contributed by atoms with Crippen LogP contribution in [0.3, 0.4) is 0 Å². The molecule has 4 aromatic rings. The zero-order chi connectivity index (χ0) is 38.2. The van der Waals surface area contributed by atoms with Crippen molar-refractivity contribution in [3.05, 3.63) is 48.3 Å². The molecule has 7 atom stereocenters. The number of rotatable bonds is 13. The van der Waals surface area contributed by atoms with Crippen LogP contribution in [-0.2, 0) is 32.9 Å². The van der Waals surface area contributed by atoms with Crippen molar-refractivity contribution in [2.24, 2.45) is 5.41 Å². The molecular formula is C34H45N6O11P. The number of ether oxygens (including phenoxy) is 4. The van der Waals surface area contributed by atoms with Crippen LogP contribution in [0, 0.1) is 5.41 Å². The molecule has 1 aliphatic rings. The topological polar surface area (TPSA) is 229 Å². The first kappa shape index (κ1) is 38.8. The van der Waals surface area contributed by atoms with Crippen LogP contribution < -0.4 is 20.1 Å². The molecule has 0 radical (unpaired) electrons. The van der Waals surface area contributed by atoms with Gasteiger partial charge in [-0.2, -0.15) is 15.1 Å². The molecule has 5 N–H and O–H groups in total. The van der Waals surface area contributed by atoms with Gasteiger partial charge in [0.05, 0.1) is 39.7 Å². The van der Waals surface area contributed by atoms with E-state index < -0.39 is 56.3 Å². The quantitative estimate of drug-likeness (QED) is 0.113. The standard InChI is InChI=1S/C34H45N6O11P/c1-18(29(42)47-8)20-9-10-22-14-23(12-11-21(22)13-20)51-52(45,39-19(2)30(43)48-16-33(3,4)5)49-15-24-26(41)34(6,44)31(50-24)40-17-36-25-27(40)37-32(35)38-28(25)46-7/h9-14,17-19,24,26,31,41,44H,15-16H2,1-8H3,(H,39,45)(H2,35,37,38). The summed E-state index contributed by atoms with van der Waals surface area (Å²) in [6.45, 7) is 9.78. The number of nitrogen functional groups attached to an aromatic ring is 1. The second-order valence-electron chi connectivity index (χ2n) is 14.0. The second-order valence-corrected chi connectivity index (χ2v) is 15.7. The van der Waals surface area contributed by atoms with Crippen molar-refractivity contribution < 1.29 is 52.4 Å². The first-order chi connectivity index (χ1) is 24.4. The lowest BCUT2D eigenvalue weighted by Crippen LogP contribution is -2.44. The van der Waals surface area contributed by atoms with E-state index in [1.807, 2.05) is 26.8 Å². The molecule has 0 saturated carbocycles. The SMILES string of the molecule is COC(=O)C(C)c1ccc2cc(OP(=O)(NC(C)C(=O)OCC(C)(C)C)OCC3OC(n4cnc5c(OC)nc(N)nc54)C(C)(O)C3O)ccc2c1. The van der Waals surface area contributed by atoms with Crippen molar-refractivity contribution in [1.29, 1.82) is 0 Å². The number of carbonyl (C=O) groups is 2. The van der Waals surface area contributed by atoms with E-state index in [2.05, 4.69) is 20.0 Å². The van der Waals surface area contributed by atoms with Crippen LogP contribution >= 0.6 is 7.75 Å². The van der Waals surface area contributed by atoms with Gasteiger partial charge in [0.25, 0.3) is 0 Å². The lowest BCUT2D eigenvalue weighted by molar-refractivity contribution is -0.148. The Morgan fingerprint density at radius 1 is 1.12 bits per heavy atom. The third-order valence-electron chi connectivity index (χ3n) is 8.48. The van der Waals surface area contributed by atoms with Gasteiger partial charge in [0, 0.05) is 0 Å². The van der Waals surface area contributed by atoms with E-state index in [0.717, 1.165) is 10.9 Å². The van der Waals surface area contributed by atoms with Crippen molar-refractivity contribution in [3.8, 4) is 11.6 Å². The highest BCUT2D eigenvalue weighted by atomic mass is 31.2. The van der Waals surface area contributed by atoms with E-state index >= 15 is 0 Å². The lowest BCUT2D eigenvalue weighted by Gasteiger charge is -2.27. The van der Waals surface area contributed by atoms with Gasteiger partial charge in [-0.05, 0) is 54.7 Å². The van der Waals surface area contributed by atoms with Crippen molar-refractivity contribution in [2.45, 2.75) is 77.5 Å². The Labute approximate surface area is 300 Å². The lowest BCUT2D eigenvalue weighted by atomic mass is 9.96. The number of aromatic nitrogens is 4. The molecule has 52 heavy (non-hydrogen) atoms. The molecule has 0 aliphatic carbocycles. The fraction of sp³-hybridized carbons (Fsp3) is 0.500. The number of nitrogens with one attached hydrogen (secondary N) is 1. The number of imidazole rings is 1. The predicted octanol–water partition coefficient (Wildman–Crippen LogP) is 3.63. The van der Waals surface area contributed by atoms with Crippen molar-refractivity contribution in [1.82, 2.24) is 24.6 Å². The minimum atomic E-state index is -4.45. The van der Waals surface area contributed by atoms with Gasteiger partial charge in [-0.25, -0.2) is 9.55 Å². The molecule has 0 amide bonds. The van der Waals surface area contributed by atoms with E-state index in [-0.39, 0.29) is 46.7 Å². The smallest absolute Gasteiger partial charge is 0.459 e. The number of fused-ring (bicyclic) bond motifs is 2. The number of benzene rings is 2. The third kappa shape index (κ3) is 8.30. The average Bonchev–Trinajstić information content (AvgIpc) is 3.60. The zero-order valence-corrected chi connectivity index (χ0v) is 31.1. The molecule has 1 aliphatic heterocycles. The van der Waals surface area contributed by atoms with Crippen LogP contribution in [0.4, 0.5) is 5.95 Å². The largest absolute Gasteiger partial charge is 0.479 e. The Bertz CT molecular complexity index is 2000. The average molecular weight is 745 g/mol.